The Labute approximate surface area is 101 Å². The molecule has 5 heteroatoms. The van der Waals surface area contributed by atoms with Gasteiger partial charge in [0.25, 0.3) is 0 Å². The molecule has 0 radical (unpaired) electrons. The summed E-state index contributed by atoms with van der Waals surface area (Å²) in [7, 11) is 2.04. The van der Waals surface area contributed by atoms with Crippen LogP contribution in [0.15, 0.2) is 24.3 Å². The third kappa shape index (κ3) is 6.67. The monoisotopic (exact) mass is 229 g/mol. The van der Waals surface area contributed by atoms with Crippen molar-refractivity contribution < 1.29 is 4.57 Å². The number of aryl methyl sites for hydroxylation is 2. The first-order valence-electron chi connectivity index (χ1n) is 5.26. The van der Waals surface area contributed by atoms with Gasteiger partial charge in [-0.25, -0.2) is 15.0 Å². The van der Waals surface area contributed by atoms with Gasteiger partial charge in [-0.1, -0.05) is 13.3 Å². The molecule has 0 amide bonds. The second-order valence-electron chi connectivity index (χ2n) is 3.38. The van der Waals surface area contributed by atoms with Crippen LogP contribution in [0.2, 0.25) is 0 Å². The molecule has 1 aromatic rings. The topological polar surface area (TPSA) is 78.7 Å². The third-order valence-electron chi connectivity index (χ3n) is 1.93. The van der Waals surface area contributed by atoms with Crippen molar-refractivity contribution in [2.24, 2.45) is 7.05 Å². The smallest absolute Gasteiger partial charge is 0.243 e. The number of hydrogen-bond acceptors (Lipinski definition) is 2. The van der Waals surface area contributed by atoms with Gasteiger partial charge >= 0.3 is 0 Å². The number of nitriles is 2. The van der Waals surface area contributed by atoms with Crippen molar-refractivity contribution in [3.8, 4) is 12.1 Å². The quantitative estimate of drug-likeness (QED) is 0.445. The van der Waals surface area contributed by atoms with Crippen LogP contribution in [0.25, 0.3) is 5.41 Å². The number of allylic oxidation sites excluding steroid dienone is 1. The van der Waals surface area contributed by atoms with Crippen LogP contribution >= 0.6 is 0 Å². The van der Waals surface area contributed by atoms with E-state index in [0.29, 0.717) is 0 Å². The van der Waals surface area contributed by atoms with Gasteiger partial charge in [-0.05, 0) is 6.42 Å². The van der Waals surface area contributed by atoms with Crippen molar-refractivity contribution >= 4 is 5.87 Å². The number of hydrogen-bond donors (Lipinski definition) is 0. The van der Waals surface area contributed by atoms with E-state index in [0.717, 1.165) is 6.54 Å². The summed E-state index contributed by atoms with van der Waals surface area (Å²) in [5.74, 6) is 1.40. The fourth-order valence-electron chi connectivity index (χ4n) is 1.05. The summed E-state index contributed by atoms with van der Waals surface area (Å²) < 4.78 is 4.28. The van der Waals surface area contributed by atoms with E-state index in [-0.39, 0.29) is 0 Å². The molecular formula is C12H15N5. The lowest BCUT2D eigenvalue weighted by molar-refractivity contribution is -0.671. The van der Waals surface area contributed by atoms with E-state index >= 15 is 0 Å². The van der Waals surface area contributed by atoms with E-state index in [4.69, 9.17) is 15.9 Å². The average molecular weight is 229 g/mol. The minimum Gasteiger partial charge on any atom is -0.762 e. The van der Waals surface area contributed by atoms with Crippen molar-refractivity contribution in [2.45, 2.75) is 26.3 Å². The highest BCUT2D eigenvalue weighted by atomic mass is 15.1. The Morgan fingerprint density at radius 1 is 1.41 bits per heavy atom. The van der Waals surface area contributed by atoms with Crippen LogP contribution in [0.1, 0.15) is 19.8 Å². The Morgan fingerprint density at radius 2 is 2.06 bits per heavy atom. The standard InChI is InChI=1S/C8H15N2.C4N3/c1-3-4-5-10-7-6-9(2)8-10;5-1-4(2-6)3-7/h6-8H,3-5H2,1-2H3;/q+1;-1. The van der Waals surface area contributed by atoms with Crippen molar-refractivity contribution in [1.29, 1.82) is 10.5 Å². The first-order valence-corrected chi connectivity index (χ1v) is 5.26. The molecule has 0 fully saturated rings. The summed E-state index contributed by atoms with van der Waals surface area (Å²) in [6.07, 6.45) is 8.82. The minimum absolute atomic E-state index is 0.403. The molecule has 5 nitrogen and oxygen atoms in total. The normalized spacial score (nSPS) is 8.00. The predicted octanol–water partition coefficient (Wildman–Crippen LogP) is 1.31. The molecule has 1 rings (SSSR count). The van der Waals surface area contributed by atoms with E-state index < -0.39 is 5.57 Å². The summed E-state index contributed by atoms with van der Waals surface area (Å²) in [5, 5.41) is 23.4. The summed E-state index contributed by atoms with van der Waals surface area (Å²) in [4.78, 5) is 0. The molecule has 1 aromatic heterocycles. The van der Waals surface area contributed by atoms with E-state index in [9.17, 15) is 0 Å². The second kappa shape index (κ2) is 8.91. The number of nitrogens with zero attached hydrogens (tertiary/aromatic N) is 5. The summed E-state index contributed by atoms with van der Waals surface area (Å²) in [6, 6.07) is 2.79. The van der Waals surface area contributed by atoms with Crippen LogP contribution in [-0.4, -0.2) is 10.4 Å². The van der Waals surface area contributed by atoms with Crippen molar-refractivity contribution in [1.82, 2.24) is 4.57 Å². The van der Waals surface area contributed by atoms with E-state index in [2.05, 4.69) is 34.8 Å². The van der Waals surface area contributed by atoms with Crippen molar-refractivity contribution in [3.05, 3.63) is 29.7 Å². The van der Waals surface area contributed by atoms with E-state index in [1.54, 1.807) is 0 Å². The van der Waals surface area contributed by atoms with Gasteiger partial charge in [0.15, 0.2) is 0 Å². The fourth-order valence-corrected chi connectivity index (χ4v) is 1.05. The zero-order chi connectivity index (χ0) is 13.1. The molecule has 17 heavy (non-hydrogen) atoms. The van der Waals surface area contributed by atoms with E-state index in [1.807, 2.05) is 7.05 Å². The molecule has 0 aliphatic rings. The van der Waals surface area contributed by atoms with Gasteiger partial charge in [0.1, 0.15) is 30.1 Å². The highest BCUT2D eigenvalue weighted by Gasteiger charge is 1.96. The Hall–Kier alpha value is -2.36. The minimum atomic E-state index is -0.403. The zero-order valence-electron chi connectivity index (χ0n) is 10.1. The zero-order valence-corrected chi connectivity index (χ0v) is 10.1. The van der Waals surface area contributed by atoms with Crippen LogP contribution in [-0.2, 0) is 13.6 Å². The Morgan fingerprint density at radius 3 is 2.35 bits per heavy atom. The SMILES string of the molecule is CCCCn1cc[n+](C)c1.N#CC(=C=[N-])C#N. The Balaban J connectivity index is 0.000000325. The number of rotatable bonds is 3. The fraction of sp³-hybridized carbons (Fsp3) is 0.417. The highest BCUT2D eigenvalue weighted by molar-refractivity contribution is 5.71. The van der Waals surface area contributed by atoms with Crippen LogP contribution in [0, 0.1) is 22.7 Å². The molecule has 1 heterocycles. The van der Waals surface area contributed by atoms with Gasteiger partial charge in [0, 0.05) is 0 Å². The maximum Gasteiger partial charge on any atom is 0.243 e. The van der Waals surface area contributed by atoms with Crippen LogP contribution in [0.5, 0.6) is 0 Å². The van der Waals surface area contributed by atoms with Crippen LogP contribution in [0.4, 0.5) is 0 Å². The van der Waals surface area contributed by atoms with Gasteiger partial charge in [0.05, 0.1) is 13.6 Å². The largest absolute Gasteiger partial charge is 0.762 e. The lowest BCUT2D eigenvalue weighted by Gasteiger charge is -1.90. The van der Waals surface area contributed by atoms with E-state index in [1.165, 1.54) is 30.8 Å². The van der Waals surface area contributed by atoms with Gasteiger partial charge < -0.3 is 5.41 Å². The summed E-state index contributed by atoms with van der Waals surface area (Å²) in [5.41, 5.74) is -0.403. The molecular weight excluding hydrogens is 214 g/mol. The molecule has 0 aliphatic heterocycles. The lowest BCUT2D eigenvalue weighted by atomic mass is 10.3. The molecule has 0 aliphatic carbocycles. The first kappa shape index (κ1) is 14.6. The predicted molar refractivity (Wildman–Crippen MR) is 63.6 cm³/mol. The third-order valence-corrected chi connectivity index (χ3v) is 1.93. The maximum atomic E-state index is 7.79. The molecule has 0 atom stereocenters. The first-order chi connectivity index (χ1) is 8.17. The van der Waals surface area contributed by atoms with Gasteiger partial charge in [-0.3, -0.25) is 0 Å². The van der Waals surface area contributed by atoms with Crippen LogP contribution < -0.4 is 4.57 Å². The Kier molecular flexibility index (Phi) is 7.67. The van der Waals surface area contributed by atoms with Crippen LogP contribution in [0.3, 0.4) is 0 Å². The molecule has 0 N–H and O–H groups in total. The second-order valence-corrected chi connectivity index (χ2v) is 3.38. The summed E-state index contributed by atoms with van der Waals surface area (Å²) >= 11 is 0. The molecule has 88 valence electrons. The lowest BCUT2D eigenvalue weighted by Crippen LogP contribution is -2.23. The number of imidazole rings is 1. The van der Waals surface area contributed by atoms with Gasteiger partial charge in [-0.15, -0.1) is 0 Å². The highest BCUT2D eigenvalue weighted by Crippen LogP contribution is 1.91. The summed E-state index contributed by atoms with van der Waals surface area (Å²) in [6.45, 7) is 3.36. The average Bonchev–Trinajstić information content (AvgIpc) is 2.76. The molecule has 0 unspecified atom stereocenters. The molecule has 0 saturated heterocycles. The maximum absolute atomic E-state index is 7.79. The molecule has 0 aromatic carbocycles. The molecule has 0 bridgehead atoms. The van der Waals surface area contributed by atoms with Gasteiger partial charge in [0.2, 0.25) is 6.33 Å². The van der Waals surface area contributed by atoms with Gasteiger partial charge in [-0.2, -0.15) is 10.5 Å². The molecule has 0 spiro atoms. The van der Waals surface area contributed by atoms with Crippen molar-refractivity contribution in [2.75, 3.05) is 0 Å². The number of unbranched alkanes of at least 4 members (excludes halogenated alkanes) is 1. The Bertz CT molecular complexity index is 450. The van der Waals surface area contributed by atoms with Crippen molar-refractivity contribution in [3.63, 3.8) is 0 Å². The molecule has 0 saturated carbocycles. The number of aromatic nitrogens is 2.